The summed E-state index contributed by atoms with van der Waals surface area (Å²) in [6.45, 7) is 7.00. The number of methoxy groups -OCH3 is 1. The van der Waals surface area contributed by atoms with Gasteiger partial charge in [0.05, 0.1) is 6.61 Å². The third-order valence-corrected chi connectivity index (χ3v) is 4.45. The van der Waals surface area contributed by atoms with Crippen LogP contribution in [0.1, 0.15) is 18.7 Å². The number of nitrogens with zero attached hydrogens (tertiary/aromatic N) is 1. The summed E-state index contributed by atoms with van der Waals surface area (Å²) in [6, 6.07) is 3.09. The lowest BCUT2D eigenvalue weighted by Crippen LogP contribution is -2.44. The summed E-state index contributed by atoms with van der Waals surface area (Å²) in [6.07, 6.45) is 0. The minimum absolute atomic E-state index is 0.401. The normalized spacial score (nSPS) is 13.5. The molecular formula is C13H23BrN2OS. The van der Waals surface area contributed by atoms with Crippen LogP contribution in [0.25, 0.3) is 0 Å². The molecule has 0 fully saturated rings. The van der Waals surface area contributed by atoms with E-state index in [1.54, 1.807) is 18.4 Å². The SMILES string of the molecule is COCC(CNC(C)C)N(C)Cc1cc(Br)cs1. The number of likely N-dealkylation sites (N-methyl/N-ethyl adjacent to an activating group) is 1. The molecule has 104 valence electrons. The van der Waals surface area contributed by atoms with Gasteiger partial charge in [-0.25, -0.2) is 0 Å². The molecule has 1 heterocycles. The van der Waals surface area contributed by atoms with Gasteiger partial charge in [-0.2, -0.15) is 0 Å². The maximum Gasteiger partial charge on any atom is 0.0630 e. The highest BCUT2D eigenvalue weighted by molar-refractivity contribution is 9.10. The van der Waals surface area contributed by atoms with Crippen molar-refractivity contribution in [3.8, 4) is 0 Å². The fourth-order valence-electron chi connectivity index (χ4n) is 1.72. The van der Waals surface area contributed by atoms with E-state index in [4.69, 9.17) is 4.74 Å². The molecule has 0 aliphatic rings. The Kier molecular flexibility index (Phi) is 7.41. The number of thiophene rings is 1. The van der Waals surface area contributed by atoms with Crippen molar-refractivity contribution in [3.63, 3.8) is 0 Å². The summed E-state index contributed by atoms with van der Waals surface area (Å²) in [5, 5.41) is 5.60. The third-order valence-electron chi connectivity index (χ3n) is 2.77. The topological polar surface area (TPSA) is 24.5 Å². The van der Waals surface area contributed by atoms with Gasteiger partial charge in [-0.1, -0.05) is 13.8 Å². The number of hydrogen-bond donors (Lipinski definition) is 1. The molecule has 1 aromatic rings. The summed E-state index contributed by atoms with van der Waals surface area (Å²) in [7, 11) is 3.91. The largest absolute Gasteiger partial charge is 0.383 e. The molecule has 0 amide bonds. The van der Waals surface area contributed by atoms with Crippen molar-refractivity contribution in [1.29, 1.82) is 0 Å². The quantitative estimate of drug-likeness (QED) is 0.791. The van der Waals surface area contributed by atoms with Crippen molar-refractivity contribution in [2.24, 2.45) is 0 Å². The summed E-state index contributed by atoms with van der Waals surface area (Å²) in [5.41, 5.74) is 0. The first-order chi connectivity index (χ1) is 8.52. The molecule has 1 aromatic heterocycles. The van der Waals surface area contributed by atoms with Crippen molar-refractivity contribution >= 4 is 27.3 Å². The molecule has 0 aromatic carbocycles. The lowest BCUT2D eigenvalue weighted by molar-refractivity contribution is 0.101. The first-order valence-electron chi connectivity index (χ1n) is 6.18. The highest BCUT2D eigenvalue weighted by atomic mass is 79.9. The average molecular weight is 335 g/mol. The lowest BCUT2D eigenvalue weighted by atomic mass is 10.2. The molecule has 0 aliphatic carbocycles. The van der Waals surface area contributed by atoms with Crippen LogP contribution in [0.15, 0.2) is 15.9 Å². The second kappa shape index (κ2) is 8.27. The molecule has 1 N–H and O–H groups in total. The highest BCUT2D eigenvalue weighted by Crippen LogP contribution is 2.21. The third kappa shape index (κ3) is 5.80. The zero-order chi connectivity index (χ0) is 13.5. The molecule has 0 aliphatic heterocycles. The molecule has 0 saturated heterocycles. The molecule has 0 saturated carbocycles. The molecule has 1 rings (SSSR count). The van der Waals surface area contributed by atoms with E-state index in [2.05, 4.69) is 58.5 Å². The number of ether oxygens (including phenoxy) is 1. The van der Waals surface area contributed by atoms with Crippen LogP contribution in [0, 0.1) is 0 Å². The van der Waals surface area contributed by atoms with Gasteiger partial charge in [-0.15, -0.1) is 11.3 Å². The van der Waals surface area contributed by atoms with Gasteiger partial charge < -0.3 is 10.1 Å². The Bertz CT molecular complexity index is 343. The summed E-state index contributed by atoms with van der Waals surface area (Å²) in [4.78, 5) is 3.71. The van der Waals surface area contributed by atoms with Crippen LogP contribution >= 0.6 is 27.3 Å². The van der Waals surface area contributed by atoms with Crippen LogP contribution in [-0.4, -0.2) is 44.3 Å². The van der Waals surface area contributed by atoms with Crippen LogP contribution in [-0.2, 0) is 11.3 Å². The summed E-state index contributed by atoms with van der Waals surface area (Å²) in [5.74, 6) is 0. The van der Waals surface area contributed by atoms with Gasteiger partial charge in [0, 0.05) is 47.0 Å². The Balaban J connectivity index is 2.50. The van der Waals surface area contributed by atoms with E-state index < -0.39 is 0 Å². The van der Waals surface area contributed by atoms with Gasteiger partial charge >= 0.3 is 0 Å². The van der Waals surface area contributed by atoms with Gasteiger partial charge in [0.25, 0.3) is 0 Å². The van der Waals surface area contributed by atoms with Gasteiger partial charge in [-0.3, -0.25) is 4.90 Å². The molecule has 0 spiro atoms. The second-order valence-corrected chi connectivity index (χ2v) is 6.73. The Labute approximate surface area is 123 Å². The van der Waals surface area contributed by atoms with Crippen LogP contribution in [0.4, 0.5) is 0 Å². The second-order valence-electron chi connectivity index (χ2n) is 4.82. The zero-order valence-corrected chi connectivity index (χ0v) is 14.0. The van der Waals surface area contributed by atoms with Gasteiger partial charge in [0.2, 0.25) is 0 Å². The molecule has 18 heavy (non-hydrogen) atoms. The van der Waals surface area contributed by atoms with E-state index in [-0.39, 0.29) is 0 Å². The molecule has 5 heteroatoms. The molecule has 0 radical (unpaired) electrons. The van der Waals surface area contributed by atoms with Crippen molar-refractivity contribution in [1.82, 2.24) is 10.2 Å². The van der Waals surface area contributed by atoms with Crippen LogP contribution in [0.2, 0.25) is 0 Å². The monoisotopic (exact) mass is 334 g/mol. The standard InChI is InChI=1S/C13H23BrN2OS/c1-10(2)15-6-12(8-17-4)16(3)7-13-5-11(14)9-18-13/h5,9-10,12,15H,6-8H2,1-4H3. The van der Waals surface area contributed by atoms with Crippen LogP contribution < -0.4 is 5.32 Å². The Morgan fingerprint density at radius 3 is 2.72 bits per heavy atom. The van der Waals surface area contributed by atoms with Gasteiger partial charge in [-0.05, 0) is 29.0 Å². The molecule has 0 bridgehead atoms. The maximum atomic E-state index is 5.31. The van der Waals surface area contributed by atoms with E-state index in [9.17, 15) is 0 Å². The number of hydrogen-bond acceptors (Lipinski definition) is 4. The lowest BCUT2D eigenvalue weighted by Gasteiger charge is -2.28. The van der Waals surface area contributed by atoms with E-state index >= 15 is 0 Å². The van der Waals surface area contributed by atoms with Crippen molar-refractivity contribution < 1.29 is 4.74 Å². The Morgan fingerprint density at radius 1 is 1.50 bits per heavy atom. The van der Waals surface area contributed by atoms with Crippen LogP contribution in [0.5, 0.6) is 0 Å². The molecule has 1 unspecified atom stereocenters. The first kappa shape index (κ1) is 16.1. The van der Waals surface area contributed by atoms with Gasteiger partial charge in [0.1, 0.15) is 0 Å². The molecule has 1 atom stereocenters. The predicted molar refractivity (Wildman–Crippen MR) is 82.3 cm³/mol. The predicted octanol–water partition coefficient (Wildman–Crippen LogP) is 2.96. The number of nitrogens with one attached hydrogen (secondary N) is 1. The minimum Gasteiger partial charge on any atom is -0.383 e. The van der Waals surface area contributed by atoms with Crippen molar-refractivity contribution in [2.45, 2.75) is 32.5 Å². The smallest absolute Gasteiger partial charge is 0.0630 e. The summed E-state index contributed by atoms with van der Waals surface area (Å²) < 4.78 is 6.48. The van der Waals surface area contributed by atoms with Crippen LogP contribution in [0.3, 0.4) is 0 Å². The average Bonchev–Trinajstić information content (AvgIpc) is 2.69. The van der Waals surface area contributed by atoms with Crippen molar-refractivity contribution in [3.05, 3.63) is 20.8 Å². The zero-order valence-electron chi connectivity index (χ0n) is 11.6. The highest BCUT2D eigenvalue weighted by Gasteiger charge is 2.15. The number of halogens is 1. The maximum absolute atomic E-state index is 5.31. The molecule has 3 nitrogen and oxygen atoms in total. The van der Waals surface area contributed by atoms with E-state index in [1.165, 1.54) is 9.35 Å². The molecular weight excluding hydrogens is 312 g/mol. The number of rotatable bonds is 8. The van der Waals surface area contributed by atoms with Crippen molar-refractivity contribution in [2.75, 3.05) is 27.3 Å². The fourth-order valence-corrected chi connectivity index (χ4v) is 3.23. The van der Waals surface area contributed by atoms with E-state index in [1.807, 2.05) is 0 Å². The van der Waals surface area contributed by atoms with E-state index in [0.717, 1.165) is 19.7 Å². The Morgan fingerprint density at radius 2 is 2.22 bits per heavy atom. The fraction of sp³-hybridized carbons (Fsp3) is 0.692. The first-order valence-corrected chi connectivity index (χ1v) is 7.85. The van der Waals surface area contributed by atoms with Gasteiger partial charge in [0.15, 0.2) is 0 Å². The Hall–Kier alpha value is 0.0600. The summed E-state index contributed by atoms with van der Waals surface area (Å²) >= 11 is 5.28. The van der Waals surface area contributed by atoms with E-state index in [0.29, 0.717) is 12.1 Å². The minimum atomic E-state index is 0.401.